The van der Waals surface area contributed by atoms with E-state index >= 15 is 0 Å². The number of hydrogen-bond acceptors (Lipinski definition) is 5. The van der Waals surface area contributed by atoms with Gasteiger partial charge in [0.2, 0.25) is 10.0 Å². The van der Waals surface area contributed by atoms with Crippen molar-refractivity contribution in [2.45, 2.75) is 36.2 Å². The van der Waals surface area contributed by atoms with Gasteiger partial charge in [-0.1, -0.05) is 68.1 Å². The zero-order chi connectivity index (χ0) is 24.4. The standard InChI is InChI=1S/C27H27N3O3S2/c1-3-29(4-2)35(31,32)24-13-14-26-25(17-24)28-27(30(26)18-23-10-7-15-33-23)34-19-20-11-12-21-8-5-6-9-22(21)16-20/h5-17H,3-4,18-19H2,1-2H3. The Labute approximate surface area is 209 Å². The summed E-state index contributed by atoms with van der Waals surface area (Å²) < 4.78 is 35.3. The molecule has 0 saturated carbocycles. The number of benzene rings is 3. The number of fused-ring (bicyclic) bond motifs is 2. The summed E-state index contributed by atoms with van der Waals surface area (Å²) in [7, 11) is -3.56. The normalized spacial score (nSPS) is 12.2. The second-order valence-electron chi connectivity index (χ2n) is 8.27. The number of nitrogens with zero attached hydrogens (tertiary/aromatic N) is 3. The Balaban J connectivity index is 1.51. The van der Waals surface area contributed by atoms with Gasteiger partial charge in [-0.3, -0.25) is 0 Å². The van der Waals surface area contributed by atoms with Crippen LogP contribution in [0.2, 0.25) is 0 Å². The Morgan fingerprint density at radius 2 is 1.74 bits per heavy atom. The summed E-state index contributed by atoms with van der Waals surface area (Å²) in [5.41, 5.74) is 2.74. The van der Waals surface area contributed by atoms with E-state index in [1.807, 2.05) is 44.2 Å². The fourth-order valence-corrected chi connectivity index (χ4v) is 6.69. The van der Waals surface area contributed by atoms with E-state index in [-0.39, 0.29) is 4.90 Å². The van der Waals surface area contributed by atoms with Crippen LogP contribution in [0.3, 0.4) is 0 Å². The van der Waals surface area contributed by atoms with Crippen LogP contribution in [0.15, 0.2) is 93.5 Å². The first-order valence-corrected chi connectivity index (χ1v) is 14.1. The number of imidazole rings is 1. The van der Waals surface area contributed by atoms with Crippen molar-refractivity contribution in [2.24, 2.45) is 0 Å². The van der Waals surface area contributed by atoms with Crippen molar-refractivity contribution in [3.05, 3.63) is 90.4 Å². The van der Waals surface area contributed by atoms with Crippen molar-refractivity contribution < 1.29 is 12.8 Å². The molecule has 2 aromatic heterocycles. The van der Waals surface area contributed by atoms with Gasteiger partial charge in [0.25, 0.3) is 0 Å². The predicted octanol–water partition coefficient (Wildman–Crippen LogP) is 6.15. The fourth-order valence-electron chi connectivity index (χ4n) is 4.26. The highest BCUT2D eigenvalue weighted by Gasteiger charge is 2.23. The third-order valence-corrected chi connectivity index (χ3v) is 9.20. The highest BCUT2D eigenvalue weighted by atomic mass is 32.2. The minimum absolute atomic E-state index is 0.266. The lowest BCUT2D eigenvalue weighted by Gasteiger charge is -2.18. The zero-order valence-electron chi connectivity index (χ0n) is 19.7. The topological polar surface area (TPSA) is 68.3 Å². The summed E-state index contributed by atoms with van der Waals surface area (Å²) in [5.74, 6) is 1.56. The van der Waals surface area contributed by atoms with Crippen LogP contribution in [0.25, 0.3) is 21.8 Å². The van der Waals surface area contributed by atoms with Crippen molar-refractivity contribution in [1.29, 1.82) is 0 Å². The van der Waals surface area contributed by atoms with E-state index in [2.05, 4.69) is 34.9 Å². The molecule has 0 amide bonds. The van der Waals surface area contributed by atoms with Crippen LogP contribution in [-0.4, -0.2) is 35.4 Å². The molecule has 3 aromatic carbocycles. The van der Waals surface area contributed by atoms with Crippen LogP contribution in [0.1, 0.15) is 25.2 Å². The van der Waals surface area contributed by atoms with E-state index in [1.54, 1.807) is 30.2 Å². The van der Waals surface area contributed by atoms with Gasteiger partial charge < -0.3 is 8.98 Å². The summed E-state index contributed by atoms with van der Waals surface area (Å²) in [4.78, 5) is 5.12. The molecule has 0 spiro atoms. The molecule has 0 aliphatic carbocycles. The quantitative estimate of drug-likeness (QED) is 0.225. The van der Waals surface area contributed by atoms with E-state index < -0.39 is 10.0 Å². The molecule has 6 nitrogen and oxygen atoms in total. The predicted molar refractivity (Wildman–Crippen MR) is 141 cm³/mol. The molecule has 5 rings (SSSR count). The monoisotopic (exact) mass is 505 g/mol. The highest BCUT2D eigenvalue weighted by Crippen LogP contribution is 2.30. The Hall–Kier alpha value is -3.07. The molecule has 0 saturated heterocycles. The lowest BCUT2D eigenvalue weighted by Crippen LogP contribution is -2.30. The van der Waals surface area contributed by atoms with Gasteiger partial charge in [-0.2, -0.15) is 4.31 Å². The summed E-state index contributed by atoms with van der Waals surface area (Å²) in [5, 5.41) is 3.25. The number of rotatable bonds is 9. The van der Waals surface area contributed by atoms with E-state index in [1.165, 1.54) is 20.6 Å². The van der Waals surface area contributed by atoms with Crippen LogP contribution in [-0.2, 0) is 22.3 Å². The van der Waals surface area contributed by atoms with Gasteiger partial charge in [-0.05, 0) is 46.7 Å². The first-order valence-electron chi connectivity index (χ1n) is 11.6. The maximum atomic E-state index is 13.1. The number of sulfonamides is 1. The molecule has 35 heavy (non-hydrogen) atoms. The molecular weight excluding hydrogens is 478 g/mol. The first kappa shape index (κ1) is 23.7. The van der Waals surface area contributed by atoms with Crippen LogP contribution in [0.5, 0.6) is 0 Å². The van der Waals surface area contributed by atoms with Crippen LogP contribution in [0, 0.1) is 0 Å². The van der Waals surface area contributed by atoms with Crippen molar-refractivity contribution in [1.82, 2.24) is 13.9 Å². The summed E-state index contributed by atoms with van der Waals surface area (Å²) in [6.07, 6.45) is 1.66. The fraction of sp³-hybridized carbons (Fsp3) is 0.222. The molecule has 8 heteroatoms. The Morgan fingerprint density at radius 1 is 0.943 bits per heavy atom. The van der Waals surface area contributed by atoms with Gasteiger partial charge in [0.1, 0.15) is 5.76 Å². The van der Waals surface area contributed by atoms with Gasteiger partial charge in [0.05, 0.1) is 28.7 Å². The Morgan fingerprint density at radius 3 is 2.49 bits per heavy atom. The van der Waals surface area contributed by atoms with Gasteiger partial charge in [-0.25, -0.2) is 13.4 Å². The molecule has 0 fully saturated rings. The minimum Gasteiger partial charge on any atom is -0.467 e. The van der Waals surface area contributed by atoms with Crippen LogP contribution < -0.4 is 0 Å². The lowest BCUT2D eigenvalue weighted by molar-refractivity contribution is 0.445. The van der Waals surface area contributed by atoms with Gasteiger partial charge in [0.15, 0.2) is 5.16 Å². The molecule has 0 atom stereocenters. The van der Waals surface area contributed by atoms with Crippen LogP contribution >= 0.6 is 11.8 Å². The van der Waals surface area contributed by atoms with Crippen molar-refractivity contribution in [3.8, 4) is 0 Å². The number of aromatic nitrogens is 2. The van der Waals surface area contributed by atoms with E-state index in [9.17, 15) is 8.42 Å². The van der Waals surface area contributed by atoms with E-state index in [4.69, 9.17) is 9.40 Å². The summed E-state index contributed by atoms with van der Waals surface area (Å²) >= 11 is 1.64. The van der Waals surface area contributed by atoms with E-state index in [0.717, 1.165) is 22.2 Å². The third-order valence-electron chi connectivity index (χ3n) is 6.10. The number of thioether (sulfide) groups is 1. The highest BCUT2D eigenvalue weighted by molar-refractivity contribution is 7.98. The second kappa shape index (κ2) is 9.89. The minimum atomic E-state index is -3.56. The average molecular weight is 506 g/mol. The molecular formula is C27H27N3O3S2. The SMILES string of the molecule is CCN(CC)S(=O)(=O)c1ccc2c(c1)nc(SCc1ccc3ccccc3c1)n2Cc1ccco1. The molecule has 0 aliphatic heterocycles. The maximum absolute atomic E-state index is 13.1. The molecule has 2 heterocycles. The molecule has 5 aromatic rings. The maximum Gasteiger partial charge on any atom is 0.243 e. The molecule has 0 unspecified atom stereocenters. The molecule has 0 bridgehead atoms. The first-order chi connectivity index (χ1) is 17.0. The Bertz CT molecular complexity index is 1570. The van der Waals surface area contributed by atoms with Gasteiger partial charge in [-0.15, -0.1) is 0 Å². The molecule has 0 aliphatic rings. The van der Waals surface area contributed by atoms with Gasteiger partial charge in [0, 0.05) is 18.8 Å². The van der Waals surface area contributed by atoms with Crippen molar-refractivity contribution in [2.75, 3.05) is 13.1 Å². The summed E-state index contributed by atoms with van der Waals surface area (Å²) in [6.45, 7) is 5.07. The molecule has 180 valence electrons. The largest absolute Gasteiger partial charge is 0.467 e. The van der Waals surface area contributed by atoms with Crippen LogP contribution in [0.4, 0.5) is 0 Å². The lowest BCUT2D eigenvalue weighted by atomic mass is 10.1. The molecule has 0 N–H and O–H groups in total. The molecule has 0 radical (unpaired) electrons. The van der Waals surface area contributed by atoms with E-state index in [0.29, 0.717) is 25.2 Å². The van der Waals surface area contributed by atoms with Crippen molar-refractivity contribution in [3.63, 3.8) is 0 Å². The zero-order valence-corrected chi connectivity index (χ0v) is 21.3. The smallest absolute Gasteiger partial charge is 0.243 e. The Kier molecular flexibility index (Phi) is 6.69. The van der Waals surface area contributed by atoms with Gasteiger partial charge >= 0.3 is 0 Å². The number of hydrogen-bond donors (Lipinski definition) is 0. The number of furan rings is 1. The summed E-state index contributed by atoms with van der Waals surface area (Å²) in [6, 6.07) is 23.8. The second-order valence-corrected chi connectivity index (χ2v) is 11.2. The van der Waals surface area contributed by atoms with Crippen molar-refractivity contribution >= 4 is 43.6 Å². The third kappa shape index (κ3) is 4.74. The average Bonchev–Trinajstić information content (AvgIpc) is 3.51.